The minimum absolute atomic E-state index is 0.0812. The molecule has 0 saturated heterocycles. The molecule has 2 aromatic rings. The van der Waals surface area contributed by atoms with Gasteiger partial charge in [-0.1, -0.05) is 5.10 Å². The monoisotopic (exact) mass is 391 g/mol. The zero-order chi connectivity index (χ0) is 19.9. The van der Waals surface area contributed by atoms with Gasteiger partial charge in [0.2, 0.25) is 0 Å². The van der Waals surface area contributed by atoms with E-state index in [2.05, 4.69) is 15.5 Å². The summed E-state index contributed by atoms with van der Waals surface area (Å²) in [5, 5.41) is 10.7. The number of tetrazole rings is 1. The molecule has 8 nitrogen and oxygen atoms in total. The molecule has 0 aliphatic rings. The van der Waals surface area contributed by atoms with E-state index in [-0.39, 0.29) is 23.6 Å². The molecule has 0 spiro atoms. The van der Waals surface area contributed by atoms with Gasteiger partial charge in [0.25, 0.3) is 11.9 Å². The van der Waals surface area contributed by atoms with Crippen molar-refractivity contribution >= 4 is 21.7 Å². The third-order valence-electron chi connectivity index (χ3n) is 3.71. The molecular formula is C14H16F3N5O3S. The van der Waals surface area contributed by atoms with Gasteiger partial charge in [-0.05, 0) is 42.0 Å². The van der Waals surface area contributed by atoms with E-state index < -0.39 is 32.4 Å². The van der Waals surface area contributed by atoms with Crippen molar-refractivity contribution in [1.82, 2.24) is 20.2 Å². The molecule has 1 heterocycles. The average molecular weight is 391 g/mol. The molecule has 1 aromatic carbocycles. The topological polar surface area (TPSA) is 98.1 Å². The fourth-order valence-corrected chi connectivity index (χ4v) is 3.85. The van der Waals surface area contributed by atoms with E-state index in [9.17, 15) is 26.4 Å². The average Bonchev–Trinajstić information content (AvgIpc) is 2.91. The van der Waals surface area contributed by atoms with Gasteiger partial charge in [0, 0.05) is 25.4 Å². The van der Waals surface area contributed by atoms with Crippen molar-refractivity contribution < 1.29 is 26.4 Å². The second kappa shape index (κ2) is 6.67. The second-order valence-electron chi connectivity index (χ2n) is 5.54. The Kier molecular flexibility index (Phi) is 5.08. The molecule has 0 radical (unpaired) electrons. The van der Waals surface area contributed by atoms with Gasteiger partial charge in [0.15, 0.2) is 9.84 Å². The smallest absolute Gasteiger partial charge is 0.276 e. The standard InChI is InChI=1S/C14H16F3N5O3S/c1-5-22(13-18-19-20-21(13)3)12(23)9-6-7-10(14(15,16)17)11(8(9)2)26(4,24)25/h6-7H,5H2,1-4H3. The summed E-state index contributed by atoms with van der Waals surface area (Å²) in [5.74, 6) is -0.626. The van der Waals surface area contributed by atoms with Gasteiger partial charge in [-0.2, -0.15) is 13.2 Å². The molecule has 1 aromatic heterocycles. The van der Waals surface area contributed by atoms with Crippen molar-refractivity contribution in [3.05, 3.63) is 28.8 Å². The zero-order valence-corrected chi connectivity index (χ0v) is 15.2. The number of carbonyl (C=O) groups is 1. The Hall–Kier alpha value is -2.50. The first-order chi connectivity index (χ1) is 11.9. The number of alkyl halides is 3. The molecule has 0 bridgehead atoms. The number of hydrogen-bond donors (Lipinski definition) is 0. The summed E-state index contributed by atoms with van der Waals surface area (Å²) in [6.45, 7) is 2.92. The predicted octanol–water partition coefficient (Wildman–Crippen LogP) is 1.61. The van der Waals surface area contributed by atoms with E-state index in [4.69, 9.17) is 0 Å². The number of sulfone groups is 1. The summed E-state index contributed by atoms with van der Waals surface area (Å²) in [4.78, 5) is 13.1. The largest absolute Gasteiger partial charge is 0.417 e. The van der Waals surface area contributed by atoms with Crippen LogP contribution >= 0.6 is 0 Å². The summed E-state index contributed by atoms with van der Waals surface area (Å²) < 4.78 is 64.7. The Labute approximate surface area is 147 Å². The van der Waals surface area contributed by atoms with E-state index in [0.29, 0.717) is 12.3 Å². The first-order valence-electron chi connectivity index (χ1n) is 7.34. The minimum atomic E-state index is -4.87. The van der Waals surface area contributed by atoms with Crippen LogP contribution in [-0.2, 0) is 23.1 Å². The van der Waals surface area contributed by atoms with Crippen molar-refractivity contribution in [2.45, 2.75) is 24.9 Å². The Balaban J connectivity index is 2.68. The lowest BCUT2D eigenvalue weighted by Crippen LogP contribution is -2.34. The molecule has 142 valence electrons. The number of carbonyl (C=O) groups excluding carboxylic acids is 1. The molecule has 0 saturated carbocycles. The van der Waals surface area contributed by atoms with E-state index in [1.54, 1.807) is 6.92 Å². The lowest BCUT2D eigenvalue weighted by Gasteiger charge is -2.21. The number of hydrogen-bond acceptors (Lipinski definition) is 6. The van der Waals surface area contributed by atoms with Crippen LogP contribution in [0, 0.1) is 6.92 Å². The molecule has 2 rings (SSSR count). The van der Waals surface area contributed by atoms with Crippen molar-refractivity contribution in [1.29, 1.82) is 0 Å². The number of anilines is 1. The number of aromatic nitrogens is 4. The Morgan fingerprint density at radius 1 is 1.31 bits per heavy atom. The first kappa shape index (κ1) is 19.8. The van der Waals surface area contributed by atoms with Crippen LogP contribution in [0.4, 0.5) is 19.1 Å². The number of nitrogens with zero attached hydrogens (tertiary/aromatic N) is 5. The summed E-state index contributed by atoms with van der Waals surface area (Å²) in [6.07, 6.45) is -4.20. The summed E-state index contributed by atoms with van der Waals surface area (Å²) in [7, 11) is -2.74. The van der Waals surface area contributed by atoms with Gasteiger partial charge in [-0.25, -0.2) is 13.1 Å². The van der Waals surface area contributed by atoms with Gasteiger partial charge < -0.3 is 0 Å². The van der Waals surface area contributed by atoms with E-state index in [0.717, 1.165) is 11.0 Å². The molecule has 12 heteroatoms. The van der Waals surface area contributed by atoms with Gasteiger partial charge in [0.05, 0.1) is 10.5 Å². The van der Waals surface area contributed by atoms with Gasteiger partial charge in [-0.15, -0.1) is 0 Å². The zero-order valence-electron chi connectivity index (χ0n) is 14.4. The SMILES string of the molecule is CCN(C(=O)c1ccc(C(F)(F)F)c(S(C)(=O)=O)c1C)c1nnnn1C. The molecule has 1 amide bonds. The highest BCUT2D eigenvalue weighted by Crippen LogP contribution is 2.37. The van der Waals surface area contributed by atoms with Crippen LogP contribution in [-0.4, -0.2) is 47.3 Å². The normalized spacial score (nSPS) is 12.3. The van der Waals surface area contributed by atoms with Crippen LogP contribution in [0.25, 0.3) is 0 Å². The van der Waals surface area contributed by atoms with E-state index in [1.807, 2.05) is 0 Å². The number of benzene rings is 1. The molecule has 26 heavy (non-hydrogen) atoms. The van der Waals surface area contributed by atoms with Crippen LogP contribution in [0.3, 0.4) is 0 Å². The molecule has 0 aliphatic carbocycles. The van der Waals surface area contributed by atoms with Crippen LogP contribution < -0.4 is 4.90 Å². The van der Waals surface area contributed by atoms with Crippen LogP contribution in [0.15, 0.2) is 17.0 Å². The first-order valence-corrected chi connectivity index (χ1v) is 9.23. The number of halogens is 3. The maximum atomic E-state index is 13.2. The van der Waals surface area contributed by atoms with Crippen LogP contribution in [0.5, 0.6) is 0 Å². The van der Waals surface area contributed by atoms with Gasteiger partial charge in [-0.3, -0.25) is 9.69 Å². The highest BCUT2D eigenvalue weighted by molar-refractivity contribution is 7.90. The number of aryl methyl sites for hydroxylation is 1. The van der Waals surface area contributed by atoms with Crippen molar-refractivity contribution in [2.75, 3.05) is 17.7 Å². The van der Waals surface area contributed by atoms with Crippen molar-refractivity contribution in [3.8, 4) is 0 Å². The lowest BCUT2D eigenvalue weighted by atomic mass is 10.0. The number of amides is 1. The van der Waals surface area contributed by atoms with Crippen LogP contribution in [0.1, 0.15) is 28.4 Å². The third-order valence-corrected chi connectivity index (χ3v) is 4.98. The summed E-state index contributed by atoms with van der Waals surface area (Å²) in [5.41, 5.74) is -1.76. The Morgan fingerprint density at radius 3 is 2.35 bits per heavy atom. The van der Waals surface area contributed by atoms with Crippen molar-refractivity contribution in [3.63, 3.8) is 0 Å². The molecule has 0 fully saturated rings. The summed E-state index contributed by atoms with van der Waals surface area (Å²) in [6, 6.07) is 1.56. The van der Waals surface area contributed by atoms with Gasteiger partial charge in [0.1, 0.15) is 0 Å². The van der Waals surface area contributed by atoms with E-state index in [1.165, 1.54) is 18.7 Å². The van der Waals surface area contributed by atoms with Crippen molar-refractivity contribution in [2.24, 2.45) is 7.05 Å². The highest BCUT2D eigenvalue weighted by Gasteiger charge is 2.38. The minimum Gasteiger partial charge on any atom is -0.276 e. The number of rotatable bonds is 4. The Bertz CT molecular complexity index is 953. The Morgan fingerprint density at radius 2 is 1.92 bits per heavy atom. The maximum Gasteiger partial charge on any atom is 0.417 e. The fourth-order valence-electron chi connectivity index (χ4n) is 2.60. The summed E-state index contributed by atoms with van der Waals surface area (Å²) >= 11 is 0. The molecule has 0 unspecified atom stereocenters. The quantitative estimate of drug-likeness (QED) is 0.785. The van der Waals surface area contributed by atoms with Gasteiger partial charge >= 0.3 is 6.18 Å². The highest BCUT2D eigenvalue weighted by atomic mass is 32.2. The fraction of sp³-hybridized carbons (Fsp3) is 0.429. The van der Waals surface area contributed by atoms with Crippen LogP contribution in [0.2, 0.25) is 0 Å². The predicted molar refractivity (Wildman–Crippen MR) is 85.4 cm³/mol. The second-order valence-corrected chi connectivity index (χ2v) is 7.49. The lowest BCUT2D eigenvalue weighted by molar-refractivity contribution is -0.139. The molecule has 0 atom stereocenters. The molecule has 0 aliphatic heterocycles. The molecular weight excluding hydrogens is 375 g/mol. The third kappa shape index (κ3) is 3.54. The molecule has 0 N–H and O–H groups in total. The van der Waals surface area contributed by atoms with E-state index >= 15 is 0 Å². The maximum absolute atomic E-state index is 13.2.